The first-order valence-electron chi connectivity index (χ1n) is 7.89. The molecule has 3 aromatic rings. The maximum atomic E-state index is 5.95. The standard InChI is InChI=1S/C20H21N3O/c21-16-6-11-20(19(22)14-16)23-17-7-9-18(10-8-17)24-13-12-15-4-2-1-3-5-15/h1-11,14,23H,12-13,21-22H2. The minimum absolute atomic E-state index is 0.623. The quantitative estimate of drug-likeness (QED) is 0.595. The van der Waals surface area contributed by atoms with Crippen molar-refractivity contribution in [1.82, 2.24) is 0 Å². The first-order valence-corrected chi connectivity index (χ1v) is 7.89. The molecule has 0 radical (unpaired) electrons. The second-order valence-corrected chi connectivity index (χ2v) is 5.58. The average molecular weight is 319 g/mol. The number of nitrogens with one attached hydrogen (secondary N) is 1. The van der Waals surface area contributed by atoms with Gasteiger partial charge in [0.2, 0.25) is 0 Å². The molecule has 0 bridgehead atoms. The third kappa shape index (κ3) is 4.20. The van der Waals surface area contributed by atoms with Crippen LogP contribution in [-0.2, 0) is 6.42 Å². The van der Waals surface area contributed by atoms with Crippen molar-refractivity contribution < 1.29 is 4.74 Å². The highest BCUT2D eigenvalue weighted by Gasteiger charge is 2.01. The van der Waals surface area contributed by atoms with E-state index in [0.29, 0.717) is 18.0 Å². The van der Waals surface area contributed by atoms with Crippen LogP contribution < -0.4 is 21.5 Å². The van der Waals surface area contributed by atoms with E-state index >= 15 is 0 Å². The molecule has 0 aromatic heterocycles. The lowest BCUT2D eigenvalue weighted by molar-refractivity contribution is 0.322. The fraction of sp³-hybridized carbons (Fsp3) is 0.100. The van der Waals surface area contributed by atoms with E-state index in [2.05, 4.69) is 17.4 Å². The molecule has 3 rings (SSSR count). The molecule has 24 heavy (non-hydrogen) atoms. The molecule has 0 unspecified atom stereocenters. The Kier molecular flexibility index (Phi) is 4.87. The number of ether oxygens (including phenoxy) is 1. The normalized spacial score (nSPS) is 10.3. The summed E-state index contributed by atoms with van der Waals surface area (Å²) in [5.74, 6) is 0.849. The van der Waals surface area contributed by atoms with Crippen molar-refractivity contribution in [1.29, 1.82) is 0 Å². The fourth-order valence-corrected chi connectivity index (χ4v) is 2.42. The summed E-state index contributed by atoms with van der Waals surface area (Å²) in [6.07, 6.45) is 0.892. The fourth-order valence-electron chi connectivity index (χ4n) is 2.42. The molecule has 0 atom stereocenters. The molecule has 4 heteroatoms. The van der Waals surface area contributed by atoms with E-state index in [1.54, 1.807) is 6.07 Å². The predicted octanol–water partition coefficient (Wildman–Crippen LogP) is 4.22. The van der Waals surface area contributed by atoms with E-state index in [1.165, 1.54) is 5.56 Å². The summed E-state index contributed by atoms with van der Waals surface area (Å²) in [7, 11) is 0. The Hall–Kier alpha value is -3.14. The Balaban J connectivity index is 1.55. The highest BCUT2D eigenvalue weighted by atomic mass is 16.5. The highest BCUT2D eigenvalue weighted by molar-refractivity contribution is 5.75. The van der Waals surface area contributed by atoms with Gasteiger partial charge in [0.05, 0.1) is 18.0 Å². The van der Waals surface area contributed by atoms with Gasteiger partial charge in [-0.3, -0.25) is 0 Å². The van der Waals surface area contributed by atoms with Crippen LogP contribution in [0.4, 0.5) is 22.7 Å². The van der Waals surface area contributed by atoms with Gasteiger partial charge in [0.25, 0.3) is 0 Å². The largest absolute Gasteiger partial charge is 0.493 e. The molecule has 122 valence electrons. The summed E-state index contributed by atoms with van der Waals surface area (Å²) in [5, 5.41) is 3.27. The molecule has 4 nitrogen and oxygen atoms in total. The number of hydrogen-bond acceptors (Lipinski definition) is 4. The van der Waals surface area contributed by atoms with E-state index in [9.17, 15) is 0 Å². The van der Waals surface area contributed by atoms with Gasteiger partial charge in [-0.05, 0) is 48.0 Å². The summed E-state index contributed by atoms with van der Waals surface area (Å²) in [6.45, 7) is 0.654. The van der Waals surface area contributed by atoms with Gasteiger partial charge >= 0.3 is 0 Å². The Morgan fingerprint density at radius 2 is 1.58 bits per heavy atom. The Bertz CT molecular complexity index is 786. The van der Waals surface area contributed by atoms with Gasteiger partial charge in [-0.15, -0.1) is 0 Å². The molecule has 0 aliphatic rings. The number of anilines is 4. The molecule has 5 N–H and O–H groups in total. The predicted molar refractivity (Wildman–Crippen MR) is 101 cm³/mol. The molecule has 0 heterocycles. The number of benzene rings is 3. The zero-order chi connectivity index (χ0) is 16.8. The summed E-state index contributed by atoms with van der Waals surface area (Å²) in [6, 6.07) is 23.6. The minimum atomic E-state index is 0.623. The summed E-state index contributed by atoms with van der Waals surface area (Å²) in [5.41, 5.74) is 16.0. The van der Waals surface area contributed by atoms with E-state index < -0.39 is 0 Å². The topological polar surface area (TPSA) is 73.3 Å². The second kappa shape index (κ2) is 7.42. The van der Waals surface area contributed by atoms with Crippen LogP contribution in [0.1, 0.15) is 5.56 Å². The van der Waals surface area contributed by atoms with Crippen molar-refractivity contribution in [3.63, 3.8) is 0 Å². The lowest BCUT2D eigenvalue weighted by Crippen LogP contribution is -2.01. The minimum Gasteiger partial charge on any atom is -0.493 e. The van der Waals surface area contributed by atoms with Crippen molar-refractivity contribution >= 4 is 22.7 Å². The van der Waals surface area contributed by atoms with E-state index in [-0.39, 0.29) is 0 Å². The first-order chi connectivity index (χ1) is 11.7. The zero-order valence-electron chi connectivity index (χ0n) is 13.4. The van der Waals surface area contributed by atoms with Gasteiger partial charge in [0.15, 0.2) is 0 Å². The molecule has 3 aromatic carbocycles. The molecular formula is C20H21N3O. The molecule has 0 fully saturated rings. The monoisotopic (exact) mass is 319 g/mol. The lowest BCUT2D eigenvalue weighted by atomic mass is 10.2. The highest BCUT2D eigenvalue weighted by Crippen LogP contribution is 2.26. The van der Waals surface area contributed by atoms with E-state index in [4.69, 9.17) is 16.2 Å². The van der Waals surface area contributed by atoms with E-state index in [0.717, 1.165) is 23.5 Å². The van der Waals surface area contributed by atoms with Crippen LogP contribution in [0, 0.1) is 0 Å². The van der Waals surface area contributed by atoms with Crippen molar-refractivity contribution in [2.75, 3.05) is 23.4 Å². The molecular weight excluding hydrogens is 298 g/mol. The van der Waals surface area contributed by atoms with Gasteiger partial charge in [-0.2, -0.15) is 0 Å². The Morgan fingerprint density at radius 3 is 2.29 bits per heavy atom. The van der Waals surface area contributed by atoms with E-state index in [1.807, 2.05) is 54.6 Å². The smallest absolute Gasteiger partial charge is 0.119 e. The van der Waals surface area contributed by atoms with Crippen LogP contribution in [0.15, 0.2) is 72.8 Å². The third-order valence-electron chi connectivity index (χ3n) is 3.71. The second-order valence-electron chi connectivity index (χ2n) is 5.58. The van der Waals surface area contributed by atoms with Crippen LogP contribution in [0.2, 0.25) is 0 Å². The van der Waals surface area contributed by atoms with Crippen LogP contribution in [0.25, 0.3) is 0 Å². The van der Waals surface area contributed by atoms with Gasteiger partial charge in [0.1, 0.15) is 5.75 Å². The number of hydrogen-bond donors (Lipinski definition) is 3. The zero-order valence-corrected chi connectivity index (χ0v) is 13.4. The maximum absolute atomic E-state index is 5.95. The van der Waals surface area contributed by atoms with Crippen molar-refractivity contribution in [3.8, 4) is 5.75 Å². The van der Waals surface area contributed by atoms with Crippen molar-refractivity contribution in [2.24, 2.45) is 0 Å². The molecule has 0 aliphatic carbocycles. The molecule has 0 saturated heterocycles. The summed E-state index contributed by atoms with van der Waals surface area (Å²) < 4.78 is 5.79. The SMILES string of the molecule is Nc1ccc(Nc2ccc(OCCc3ccccc3)cc2)c(N)c1. The van der Waals surface area contributed by atoms with Crippen LogP contribution in [-0.4, -0.2) is 6.61 Å². The lowest BCUT2D eigenvalue weighted by Gasteiger charge is -2.11. The average Bonchev–Trinajstić information content (AvgIpc) is 2.60. The number of nitrogen functional groups attached to an aromatic ring is 2. The van der Waals surface area contributed by atoms with Crippen molar-refractivity contribution in [3.05, 3.63) is 78.4 Å². The molecule has 0 spiro atoms. The van der Waals surface area contributed by atoms with Gasteiger partial charge in [-0.25, -0.2) is 0 Å². The Labute approximate surface area is 142 Å². The third-order valence-corrected chi connectivity index (χ3v) is 3.71. The van der Waals surface area contributed by atoms with Gasteiger partial charge in [-0.1, -0.05) is 30.3 Å². The number of nitrogens with two attached hydrogens (primary N) is 2. The van der Waals surface area contributed by atoms with Gasteiger partial charge in [0, 0.05) is 17.8 Å². The summed E-state index contributed by atoms with van der Waals surface area (Å²) >= 11 is 0. The summed E-state index contributed by atoms with van der Waals surface area (Å²) in [4.78, 5) is 0. The molecule has 0 amide bonds. The van der Waals surface area contributed by atoms with Crippen molar-refractivity contribution in [2.45, 2.75) is 6.42 Å². The van der Waals surface area contributed by atoms with Crippen LogP contribution >= 0.6 is 0 Å². The first kappa shape index (κ1) is 15.7. The molecule has 0 saturated carbocycles. The van der Waals surface area contributed by atoms with Crippen LogP contribution in [0.3, 0.4) is 0 Å². The van der Waals surface area contributed by atoms with Crippen LogP contribution in [0.5, 0.6) is 5.75 Å². The van der Waals surface area contributed by atoms with Gasteiger partial charge < -0.3 is 21.5 Å². The molecule has 0 aliphatic heterocycles. The Morgan fingerprint density at radius 1 is 0.833 bits per heavy atom. The maximum Gasteiger partial charge on any atom is 0.119 e. The number of rotatable bonds is 6.